The number of carbonyl (C=O) groups is 3. The third kappa shape index (κ3) is 7.22. The van der Waals surface area contributed by atoms with Gasteiger partial charge in [0.15, 0.2) is 0 Å². The molecule has 10 nitrogen and oxygen atoms in total. The molecule has 3 fully saturated rings. The number of fused-ring (bicyclic) bond motifs is 2. The van der Waals surface area contributed by atoms with E-state index in [0.717, 1.165) is 30.4 Å². The SMILES string of the molecule is O=C(NCc1cccc(C(=O)NCCO)c1)C1=C[C@H]2OCO[C@H]2[C@H](OC(=O)c2cccc(C=CC3CCC4OC4C3)c2)C1. The van der Waals surface area contributed by atoms with Gasteiger partial charge in [0.1, 0.15) is 25.1 Å². The number of ether oxygens (including phenoxy) is 4. The number of allylic oxidation sites excluding steroid dienone is 1. The first-order valence-corrected chi connectivity index (χ1v) is 14.8. The number of carbonyl (C=O) groups excluding carboxylic acids is 3. The van der Waals surface area contributed by atoms with Crippen molar-refractivity contribution in [1.29, 1.82) is 0 Å². The zero-order chi connectivity index (χ0) is 29.8. The van der Waals surface area contributed by atoms with E-state index in [0.29, 0.717) is 34.8 Å². The highest BCUT2D eigenvalue weighted by Gasteiger charge is 2.43. The third-order valence-electron chi connectivity index (χ3n) is 8.32. The number of nitrogens with one attached hydrogen (secondary N) is 2. The van der Waals surface area contributed by atoms with E-state index in [1.165, 1.54) is 0 Å². The molecule has 3 N–H and O–H groups in total. The minimum Gasteiger partial charge on any atom is -0.456 e. The molecule has 0 bridgehead atoms. The lowest BCUT2D eigenvalue weighted by Gasteiger charge is -2.30. The summed E-state index contributed by atoms with van der Waals surface area (Å²) in [6, 6.07) is 14.2. The topological polar surface area (TPSA) is 136 Å². The van der Waals surface area contributed by atoms with Gasteiger partial charge >= 0.3 is 5.97 Å². The molecular formula is C33H36N2O8. The molecule has 1 saturated carbocycles. The Balaban J connectivity index is 1.06. The summed E-state index contributed by atoms with van der Waals surface area (Å²) >= 11 is 0. The van der Waals surface area contributed by atoms with E-state index in [-0.39, 0.29) is 44.7 Å². The molecule has 2 aromatic rings. The maximum absolute atomic E-state index is 13.2. The molecule has 6 atom stereocenters. The molecule has 6 rings (SSSR count). The Morgan fingerprint density at radius 2 is 1.84 bits per heavy atom. The van der Waals surface area contributed by atoms with Gasteiger partial charge in [0, 0.05) is 30.6 Å². The molecular weight excluding hydrogens is 552 g/mol. The molecule has 2 amide bonds. The molecule has 2 heterocycles. The van der Waals surface area contributed by atoms with Gasteiger partial charge in [-0.05, 0) is 66.6 Å². The summed E-state index contributed by atoms with van der Waals surface area (Å²) in [5, 5.41) is 14.4. The second kappa shape index (κ2) is 13.2. The Morgan fingerprint density at radius 1 is 0.977 bits per heavy atom. The fourth-order valence-corrected chi connectivity index (χ4v) is 5.95. The van der Waals surface area contributed by atoms with Crippen molar-refractivity contribution in [1.82, 2.24) is 10.6 Å². The predicted molar refractivity (Wildman–Crippen MR) is 156 cm³/mol. The highest BCUT2D eigenvalue weighted by atomic mass is 16.7. The minimum absolute atomic E-state index is 0.0496. The molecule has 43 heavy (non-hydrogen) atoms. The standard InChI is InChI=1S/C33H36N2O8/c36-12-11-34-31(37)23-5-2-4-22(14-23)18-35-32(38)25-16-28-30(41-19-40-28)29(17-25)43-33(39)24-6-1-3-20(13-24)7-8-21-9-10-26-27(15-21)42-26/h1-8,13-14,16,21,26-30,36H,9-12,15,17-19H2,(H,34,37)(H,35,38)/t21?,26?,27?,28-,29-,30-/m1/s1. The molecule has 2 aromatic carbocycles. The summed E-state index contributed by atoms with van der Waals surface area (Å²) in [6.07, 6.45) is 8.60. The number of aliphatic hydroxyl groups is 1. The fourth-order valence-electron chi connectivity index (χ4n) is 5.95. The Hall–Kier alpha value is -3.83. The van der Waals surface area contributed by atoms with Crippen LogP contribution in [0.25, 0.3) is 6.08 Å². The molecule has 0 spiro atoms. The monoisotopic (exact) mass is 588 g/mol. The first kappa shape index (κ1) is 29.3. The van der Waals surface area contributed by atoms with E-state index in [2.05, 4.69) is 22.8 Å². The average molecular weight is 589 g/mol. The number of esters is 1. The van der Waals surface area contributed by atoms with Crippen molar-refractivity contribution in [3.63, 3.8) is 0 Å². The number of amides is 2. The van der Waals surface area contributed by atoms with Gasteiger partial charge in [-0.3, -0.25) is 9.59 Å². The van der Waals surface area contributed by atoms with Crippen molar-refractivity contribution in [2.75, 3.05) is 19.9 Å². The number of benzene rings is 2. The van der Waals surface area contributed by atoms with Crippen LogP contribution in [-0.2, 0) is 30.3 Å². The van der Waals surface area contributed by atoms with Gasteiger partial charge in [-0.1, -0.05) is 36.4 Å². The zero-order valence-electron chi connectivity index (χ0n) is 23.8. The molecule has 3 unspecified atom stereocenters. The number of aliphatic hydroxyl groups excluding tert-OH is 1. The van der Waals surface area contributed by atoms with Crippen LogP contribution in [0.3, 0.4) is 0 Å². The first-order chi connectivity index (χ1) is 21.0. The number of hydrogen-bond acceptors (Lipinski definition) is 8. The maximum atomic E-state index is 13.2. The molecule has 226 valence electrons. The van der Waals surface area contributed by atoms with Gasteiger partial charge in [0.05, 0.1) is 24.4 Å². The molecule has 2 saturated heterocycles. The van der Waals surface area contributed by atoms with Crippen molar-refractivity contribution in [2.45, 2.75) is 62.7 Å². The molecule has 10 heteroatoms. The Labute approximate surface area is 250 Å². The summed E-state index contributed by atoms with van der Waals surface area (Å²) < 4.78 is 22.9. The van der Waals surface area contributed by atoms with E-state index in [9.17, 15) is 14.4 Å². The van der Waals surface area contributed by atoms with E-state index < -0.39 is 24.3 Å². The lowest BCUT2D eigenvalue weighted by Crippen LogP contribution is -2.43. The quantitative estimate of drug-likeness (QED) is 0.285. The lowest BCUT2D eigenvalue weighted by molar-refractivity contribution is -0.118. The summed E-state index contributed by atoms with van der Waals surface area (Å²) in [4.78, 5) is 38.6. The van der Waals surface area contributed by atoms with Crippen molar-refractivity contribution in [3.8, 4) is 0 Å². The Bertz CT molecular complexity index is 1420. The van der Waals surface area contributed by atoms with Crippen LogP contribution in [0.5, 0.6) is 0 Å². The van der Waals surface area contributed by atoms with Gasteiger partial charge in [-0.15, -0.1) is 0 Å². The molecule has 4 aliphatic rings. The Kier molecular flexibility index (Phi) is 8.99. The number of hydrogen-bond donors (Lipinski definition) is 3. The van der Waals surface area contributed by atoms with Gasteiger partial charge < -0.3 is 34.7 Å². The van der Waals surface area contributed by atoms with E-state index in [1.807, 2.05) is 24.3 Å². The van der Waals surface area contributed by atoms with Crippen LogP contribution in [0.4, 0.5) is 0 Å². The van der Waals surface area contributed by atoms with Crippen LogP contribution < -0.4 is 10.6 Å². The van der Waals surface area contributed by atoms with E-state index in [4.69, 9.17) is 24.1 Å². The zero-order valence-corrected chi connectivity index (χ0v) is 23.8. The fraction of sp³-hybridized carbons (Fsp3) is 0.424. The average Bonchev–Trinajstić information content (AvgIpc) is 3.65. The molecule has 2 aliphatic heterocycles. The van der Waals surface area contributed by atoms with Gasteiger partial charge in [-0.25, -0.2) is 4.79 Å². The Morgan fingerprint density at radius 3 is 2.70 bits per heavy atom. The van der Waals surface area contributed by atoms with Crippen molar-refractivity contribution in [3.05, 3.63) is 88.5 Å². The third-order valence-corrected chi connectivity index (χ3v) is 8.32. The van der Waals surface area contributed by atoms with Crippen LogP contribution >= 0.6 is 0 Å². The lowest BCUT2D eigenvalue weighted by atomic mass is 9.88. The summed E-state index contributed by atoms with van der Waals surface area (Å²) in [5.41, 5.74) is 2.96. The van der Waals surface area contributed by atoms with Crippen LogP contribution in [0.2, 0.25) is 0 Å². The largest absolute Gasteiger partial charge is 0.456 e. The van der Waals surface area contributed by atoms with Gasteiger partial charge in [-0.2, -0.15) is 0 Å². The second-order valence-corrected chi connectivity index (χ2v) is 11.4. The smallest absolute Gasteiger partial charge is 0.338 e. The second-order valence-electron chi connectivity index (χ2n) is 11.4. The van der Waals surface area contributed by atoms with Gasteiger partial charge in [0.25, 0.3) is 5.91 Å². The molecule has 2 aliphatic carbocycles. The number of epoxide rings is 1. The molecule has 0 aromatic heterocycles. The van der Waals surface area contributed by atoms with Crippen LogP contribution in [0.15, 0.2) is 66.3 Å². The summed E-state index contributed by atoms with van der Waals surface area (Å²) in [7, 11) is 0. The van der Waals surface area contributed by atoms with Crippen molar-refractivity contribution < 1.29 is 38.4 Å². The molecule has 0 radical (unpaired) electrons. The van der Waals surface area contributed by atoms with Crippen LogP contribution in [0, 0.1) is 5.92 Å². The van der Waals surface area contributed by atoms with Crippen molar-refractivity contribution >= 4 is 23.9 Å². The highest BCUT2D eigenvalue weighted by Crippen LogP contribution is 2.40. The van der Waals surface area contributed by atoms with Crippen molar-refractivity contribution in [2.24, 2.45) is 5.92 Å². The van der Waals surface area contributed by atoms with E-state index in [1.54, 1.807) is 30.3 Å². The number of rotatable bonds is 10. The maximum Gasteiger partial charge on any atom is 0.338 e. The van der Waals surface area contributed by atoms with Gasteiger partial charge in [0.2, 0.25) is 5.91 Å². The highest BCUT2D eigenvalue weighted by molar-refractivity contribution is 5.95. The normalized spacial score (nSPS) is 27.5. The van der Waals surface area contributed by atoms with Crippen LogP contribution in [-0.4, -0.2) is 73.4 Å². The predicted octanol–water partition coefficient (Wildman–Crippen LogP) is 2.90. The summed E-state index contributed by atoms with van der Waals surface area (Å²) in [6.45, 7) is 0.259. The van der Waals surface area contributed by atoms with Crippen LogP contribution in [0.1, 0.15) is 57.5 Å². The first-order valence-electron chi connectivity index (χ1n) is 14.8. The van der Waals surface area contributed by atoms with E-state index >= 15 is 0 Å². The summed E-state index contributed by atoms with van der Waals surface area (Å²) in [5.74, 6) is -0.625. The minimum atomic E-state index is -0.697.